The molecule has 4 nitrogen and oxygen atoms in total. The highest BCUT2D eigenvalue weighted by Gasteiger charge is 2.26. The van der Waals surface area contributed by atoms with Gasteiger partial charge in [-0.1, -0.05) is 30.3 Å². The van der Waals surface area contributed by atoms with E-state index < -0.39 is 18.2 Å². The maximum absolute atomic E-state index is 12.1. The zero-order chi connectivity index (χ0) is 18.1. The van der Waals surface area contributed by atoms with Crippen molar-refractivity contribution in [1.29, 1.82) is 0 Å². The number of hydrogen-bond donors (Lipinski definition) is 3. The summed E-state index contributed by atoms with van der Waals surface area (Å²) in [7, 11) is 0. The number of guanidine groups is 1. The Morgan fingerprint density at radius 1 is 1.12 bits per heavy atom. The fourth-order valence-corrected chi connectivity index (χ4v) is 2.12. The lowest BCUT2D eigenvalue weighted by Crippen LogP contribution is -2.39. The van der Waals surface area contributed by atoms with E-state index in [0.29, 0.717) is 25.5 Å². The second kappa shape index (κ2) is 11.6. The molecule has 0 aliphatic rings. The van der Waals surface area contributed by atoms with Crippen LogP contribution in [0, 0.1) is 0 Å². The van der Waals surface area contributed by atoms with Gasteiger partial charge in [0.1, 0.15) is 5.60 Å². The van der Waals surface area contributed by atoms with Gasteiger partial charge in [0.2, 0.25) is 0 Å². The van der Waals surface area contributed by atoms with E-state index >= 15 is 0 Å². The topological polar surface area (TPSA) is 56.7 Å². The predicted octanol–water partition coefficient (Wildman–Crippen LogP) is 3.80. The minimum absolute atomic E-state index is 0. The first-order valence-electron chi connectivity index (χ1n) is 8.11. The summed E-state index contributed by atoms with van der Waals surface area (Å²) in [6.45, 7) is 4.75. The van der Waals surface area contributed by atoms with E-state index in [2.05, 4.69) is 15.6 Å². The monoisotopic (exact) mass is 473 g/mol. The summed E-state index contributed by atoms with van der Waals surface area (Å²) >= 11 is 0. The van der Waals surface area contributed by atoms with Crippen molar-refractivity contribution in [3.63, 3.8) is 0 Å². The standard InChI is InChI=1S/C17H26F3N3O.HI/c1-3-21-15(22-12-8-7-11-17(18,19)20)23-13-16(2,24)14-9-5-4-6-10-14;/h4-6,9-10,24H,3,7-8,11-13H2,1-2H3,(H2,21,22,23);1H. The molecule has 0 radical (unpaired) electrons. The molecule has 1 aromatic rings. The SMILES string of the molecule is CCNC(=NCC(C)(O)c1ccccc1)NCCCCC(F)(F)F.I. The second-order valence-electron chi connectivity index (χ2n) is 5.83. The molecule has 0 bridgehead atoms. The normalized spacial score (nSPS) is 14.4. The molecule has 144 valence electrons. The molecule has 3 N–H and O–H groups in total. The third-order valence-corrected chi connectivity index (χ3v) is 3.46. The Hall–Kier alpha value is -1.03. The number of nitrogens with one attached hydrogen (secondary N) is 2. The molecule has 1 aromatic carbocycles. The molecular formula is C17H27F3IN3O. The summed E-state index contributed by atoms with van der Waals surface area (Å²) < 4.78 is 36.3. The first-order valence-corrected chi connectivity index (χ1v) is 8.11. The molecule has 0 aliphatic heterocycles. The first kappa shape index (κ1) is 24.0. The lowest BCUT2D eigenvalue weighted by molar-refractivity contribution is -0.135. The summed E-state index contributed by atoms with van der Waals surface area (Å²) in [5.41, 5.74) is -0.352. The zero-order valence-electron chi connectivity index (χ0n) is 14.6. The fourth-order valence-electron chi connectivity index (χ4n) is 2.12. The molecule has 0 amide bonds. The molecule has 0 spiro atoms. The minimum Gasteiger partial charge on any atom is -0.384 e. The van der Waals surface area contributed by atoms with E-state index in [4.69, 9.17) is 0 Å². The Bertz CT molecular complexity index is 508. The van der Waals surface area contributed by atoms with Crippen LogP contribution in [0.1, 0.15) is 38.7 Å². The van der Waals surface area contributed by atoms with Gasteiger partial charge in [-0.05, 0) is 32.3 Å². The lowest BCUT2D eigenvalue weighted by Gasteiger charge is -2.22. The van der Waals surface area contributed by atoms with Crippen LogP contribution >= 0.6 is 24.0 Å². The van der Waals surface area contributed by atoms with Gasteiger partial charge in [-0.25, -0.2) is 4.99 Å². The van der Waals surface area contributed by atoms with Crippen LogP contribution in [0.2, 0.25) is 0 Å². The molecule has 0 heterocycles. The number of alkyl halides is 3. The van der Waals surface area contributed by atoms with E-state index in [1.165, 1.54) is 0 Å². The molecule has 1 rings (SSSR count). The molecule has 0 aromatic heterocycles. The van der Waals surface area contributed by atoms with Gasteiger partial charge in [0.15, 0.2) is 5.96 Å². The number of aliphatic imine (C=N–C) groups is 1. The molecule has 1 atom stereocenters. The lowest BCUT2D eigenvalue weighted by atomic mass is 9.96. The van der Waals surface area contributed by atoms with Crippen molar-refractivity contribution in [2.24, 2.45) is 4.99 Å². The van der Waals surface area contributed by atoms with Gasteiger partial charge < -0.3 is 15.7 Å². The van der Waals surface area contributed by atoms with Gasteiger partial charge in [0, 0.05) is 19.5 Å². The number of aliphatic hydroxyl groups is 1. The smallest absolute Gasteiger partial charge is 0.384 e. The maximum atomic E-state index is 12.1. The third-order valence-electron chi connectivity index (χ3n) is 3.46. The zero-order valence-corrected chi connectivity index (χ0v) is 16.9. The van der Waals surface area contributed by atoms with E-state index in [9.17, 15) is 18.3 Å². The van der Waals surface area contributed by atoms with Crippen molar-refractivity contribution in [2.45, 2.75) is 44.9 Å². The number of hydrogen-bond acceptors (Lipinski definition) is 2. The highest BCUT2D eigenvalue weighted by molar-refractivity contribution is 14.0. The summed E-state index contributed by atoms with van der Waals surface area (Å²) in [4.78, 5) is 4.33. The van der Waals surface area contributed by atoms with Crippen LogP contribution in [-0.4, -0.2) is 36.9 Å². The average molecular weight is 473 g/mol. The van der Waals surface area contributed by atoms with Crippen LogP contribution in [0.3, 0.4) is 0 Å². The number of benzene rings is 1. The molecule has 1 unspecified atom stereocenters. The first-order chi connectivity index (χ1) is 11.2. The van der Waals surface area contributed by atoms with Gasteiger partial charge in [-0.2, -0.15) is 13.2 Å². The van der Waals surface area contributed by atoms with Crippen LogP contribution in [0.4, 0.5) is 13.2 Å². The molecular weight excluding hydrogens is 446 g/mol. The average Bonchev–Trinajstić information content (AvgIpc) is 2.52. The van der Waals surface area contributed by atoms with Gasteiger partial charge in [0.05, 0.1) is 6.54 Å². The summed E-state index contributed by atoms with van der Waals surface area (Å²) in [5.74, 6) is 0.487. The van der Waals surface area contributed by atoms with Crippen LogP contribution < -0.4 is 10.6 Å². The number of halogens is 4. The van der Waals surface area contributed by atoms with E-state index in [-0.39, 0.29) is 36.9 Å². The van der Waals surface area contributed by atoms with Crippen LogP contribution in [0.25, 0.3) is 0 Å². The predicted molar refractivity (Wildman–Crippen MR) is 105 cm³/mol. The van der Waals surface area contributed by atoms with Crippen molar-refractivity contribution in [1.82, 2.24) is 10.6 Å². The molecule has 0 saturated carbocycles. The Morgan fingerprint density at radius 2 is 1.76 bits per heavy atom. The van der Waals surface area contributed by atoms with Gasteiger partial charge in [-0.15, -0.1) is 24.0 Å². The Morgan fingerprint density at radius 3 is 2.32 bits per heavy atom. The van der Waals surface area contributed by atoms with Crippen molar-refractivity contribution in [3.05, 3.63) is 35.9 Å². The summed E-state index contributed by atoms with van der Waals surface area (Å²) in [5, 5.41) is 16.5. The van der Waals surface area contributed by atoms with Crippen molar-refractivity contribution < 1.29 is 18.3 Å². The molecule has 0 aliphatic carbocycles. The highest BCUT2D eigenvalue weighted by Crippen LogP contribution is 2.22. The van der Waals surface area contributed by atoms with Crippen molar-refractivity contribution in [2.75, 3.05) is 19.6 Å². The molecule has 0 saturated heterocycles. The van der Waals surface area contributed by atoms with Gasteiger partial charge in [0.25, 0.3) is 0 Å². The third kappa shape index (κ3) is 10.5. The van der Waals surface area contributed by atoms with E-state index in [1.54, 1.807) is 6.92 Å². The van der Waals surface area contributed by atoms with Crippen molar-refractivity contribution >= 4 is 29.9 Å². The second-order valence-corrected chi connectivity index (χ2v) is 5.83. The Kier molecular flexibility index (Phi) is 11.1. The summed E-state index contributed by atoms with van der Waals surface area (Å²) in [6, 6.07) is 9.21. The largest absolute Gasteiger partial charge is 0.389 e. The Balaban J connectivity index is 0.00000576. The van der Waals surface area contributed by atoms with Gasteiger partial charge in [-0.3, -0.25) is 0 Å². The molecule has 25 heavy (non-hydrogen) atoms. The number of unbranched alkanes of at least 4 members (excludes halogenated alkanes) is 1. The van der Waals surface area contributed by atoms with Crippen LogP contribution in [0.5, 0.6) is 0 Å². The Labute approximate surface area is 164 Å². The highest BCUT2D eigenvalue weighted by atomic mass is 127. The quantitative estimate of drug-likeness (QED) is 0.233. The van der Waals surface area contributed by atoms with Crippen LogP contribution in [-0.2, 0) is 5.60 Å². The molecule has 8 heteroatoms. The minimum atomic E-state index is -4.10. The molecule has 0 fully saturated rings. The maximum Gasteiger partial charge on any atom is 0.389 e. The van der Waals surface area contributed by atoms with Crippen LogP contribution in [0.15, 0.2) is 35.3 Å². The fraction of sp³-hybridized carbons (Fsp3) is 0.588. The van der Waals surface area contributed by atoms with E-state index in [1.807, 2.05) is 37.3 Å². The number of nitrogens with zero attached hydrogens (tertiary/aromatic N) is 1. The van der Waals surface area contributed by atoms with E-state index in [0.717, 1.165) is 5.56 Å². The number of rotatable bonds is 8. The van der Waals surface area contributed by atoms with Crippen molar-refractivity contribution in [3.8, 4) is 0 Å². The van der Waals surface area contributed by atoms with Gasteiger partial charge >= 0.3 is 6.18 Å². The summed E-state index contributed by atoms with van der Waals surface area (Å²) in [6.07, 6.45) is -4.39.